The molecule has 0 spiro atoms. The third kappa shape index (κ3) is 5.57. The molecule has 2 aromatic carbocycles. The minimum atomic E-state index is -1.10. The largest absolute Gasteiger partial charge is 0.477 e. The number of benzene rings is 2. The van der Waals surface area contributed by atoms with Crippen LogP contribution in [0.25, 0.3) is 22.4 Å². The molecule has 1 aliphatic rings. The van der Waals surface area contributed by atoms with Gasteiger partial charge in [-0.1, -0.05) is 25.1 Å². The Morgan fingerprint density at radius 2 is 1.86 bits per heavy atom. The minimum Gasteiger partial charge on any atom is -0.477 e. The van der Waals surface area contributed by atoms with Gasteiger partial charge in [0.1, 0.15) is 29.6 Å². The van der Waals surface area contributed by atoms with Crippen molar-refractivity contribution in [2.75, 3.05) is 0 Å². The van der Waals surface area contributed by atoms with Crippen LogP contribution in [0.4, 0.5) is 8.78 Å². The maximum absolute atomic E-state index is 15.4. The van der Waals surface area contributed by atoms with E-state index in [4.69, 9.17) is 9.72 Å². The molecule has 0 bridgehead atoms. The second kappa shape index (κ2) is 10.9. The van der Waals surface area contributed by atoms with E-state index in [0.29, 0.717) is 46.8 Å². The normalized spacial score (nSPS) is 13.8. The summed E-state index contributed by atoms with van der Waals surface area (Å²) in [7, 11) is 0. The van der Waals surface area contributed by atoms with E-state index in [9.17, 15) is 14.3 Å². The average molecular weight is 570 g/mol. The smallest absolute Gasteiger partial charge is 0.354 e. The molecule has 0 unspecified atom stereocenters. The summed E-state index contributed by atoms with van der Waals surface area (Å²) in [5.74, 6) is -1.24. The number of carboxylic acid groups (broad SMARTS) is 1. The summed E-state index contributed by atoms with van der Waals surface area (Å²) in [4.78, 5) is 29.1. The van der Waals surface area contributed by atoms with Crippen LogP contribution >= 0.6 is 0 Å². The Kier molecular flexibility index (Phi) is 7.14. The molecule has 1 N–H and O–H groups in total. The third-order valence-electron chi connectivity index (χ3n) is 7.96. The number of fused-ring (bicyclic) bond motifs is 1. The standard InChI is InChI=1S/C32H29F2N5O3/c1-3-32(11-12-32)18-39-28(36-26-8-9-27(30(40)41)37-29(26)39)16-20-5-7-22(24(34)15-20)25-10-13-35-31(38-25)42-17-21-6-4-19(2)14-23(21)33/h4-10,13-15H,3,11-12,16-18H2,1-2H3,(H,40,41). The molecule has 42 heavy (non-hydrogen) atoms. The molecule has 3 aromatic heterocycles. The highest BCUT2D eigenvalue weighted by Crippen LogP contribution is 2.50. The maximum atomic E-state index is 15.4. The first kappa shape index (κ1) is 27.4. The maximum Gasteiger partial charge on any atom is 0.354 e. The summed E-state index contributed by atoms with van der Waals surface area (Å²) in [6.45, 7) is 4.59. The van der Waals surface area contributed by atoms with Crippen molar-refractivity contribution in [3.05, 3.63) is 101 Å². The summed E-state index contributed by atoms with van der Waals surface area (Å²) >= 11 is 0. The number of hydrogen-bond acceptors (Lipinski definition) is 6. The number of aryl methyl sites for hydroxylation is 1. The molecule has 1 saturated carbocycles. The third-order valence-corrected chi connectivity index (χ3v) is 7.96. The number of imidazole rings is 1. The first-order valence-electron chi connectivity index (χ1n) is 13.8. The number of carboxylic acids is 1. The fourth-order valence-electron chi connectivity index (χ4n) is 5.14. The molecule has 0 radical (unpaired) electrons. The zero-order chi connectivity index (χ0) is 29.4. The van der Waals surface area contributed by atoms with Gasteiger partial charge in [0, 0.05) is 30.3 Å². The molecule has 0 atom stereocenters. The number of hydrogen-bond donors (Lipinski definition) is 1. The van der Waals surface area contributed by atoms with Gasteiger partial charge in [-0.15, -0.1) is 0 Å². The van der Waals surface area contributed by atoms with Crippen molar-refractivity contribution in [2.45, 2.75) is 52.7 Å². The zero-order valence-corrected chi connectivity index (χ0v) is 23.3. The van der Waals surface area contributed by atoms with Gasteiger partial charge in [0.05, 0.1) is 5.69 Å². The quantitative estimate of drug-likeness (QED) is 0.204. The minimum absolute atomic E-state index is 0.0165. The Balaban J connectivity index is 1.25. The molecule has 1 aliphatic carbocycles. The molecule has 1 fully saturated rings. The lowest BCUT2D eigenvalue weighted by Crippen LogP contribution is -2.15. The topological polar surface area (TPSA) is 103 Å². The number of nitrogens with zero attached hydrogens (tertiary/aromatic N) is 5. The number of rotatable bonds is 10. The second-order valence-electron chi connectivity index (χ2n) is 10.9. The van der Waals surface area contributed by atoms with Crippen LogP contribution in [0.3, 0.4) is 0 Å². The highest BCUT2D eigenvalue weighted by molar-refractivity contribution is 5.88. The van der Waals surface area contributed by atoms with E-state index in [2.05, 4.69) is 21.9 Å². The fourth-order valence-corrected chi connectivity index (χ4v) is 5.14. The van der Waals surface area contributed by atoms with E-state index in [1.165, 1.54) is 24.4 Å². The van der Waals surface area contributed by atoms with Gasteiger partial charge in [0.2, 0.25) is 0 Å². The number of carbonyl (C=O) groups is 1. The Morgan fingerprint density at radius 1 is 1.02 bits per heavy atom. The van der Waals surface area contributed by atoms with Gasteiger partial charge in [-0.05, 0) is 79.1 Å². The first-order chi connectivity index (χ1) is 20.2. The van der Waals surface area contributed by atoms with E-state index in [0.717, 1.165) is 24.8 Å². The van der Waals surface area contributed by atoms with E-state index in [1.54, 1.807) is 37.3 Å². The molecule has 8 nitrogen and oxygen atoms in total. The van der Waals surface area contributed by atoms with Crippen LogP contribution in [-0.2, 0) is 19.6 Å². The van der Waals surface area contributed by atoms with E-state index >= 15 is 4.39 Å². The lowest BCUT2D eigenvalue weighted by atomic mass is 10.0. The Bertz CT molecular complexity index is 1820. The van der Waals surface area contributed by atoms with Gasteiger partial charge in [-0.25, -0.2) is 28.5 Å². The van der Waals surface area contributed by atoms with Gasteiger partial charge in [-0.2, -0.15) is 4.98 Å². The first-order valence-corrected chi connectivity index (χ1v) is 13.8. The van der Waals surface area contributed by atoms with Crippen molar-refractivity contribution in [2.24, 2.45) is 5.41 Å². The van der Waals surface area contributed by atoms with Crippen LogP contribution in [0, 0.1) is 24.0 Å². The van der Waals surface area contributed by atoms with Crippen molar-refractivity contribution in [3.8, 4) is 17.3 Å². The highest BCUT2D eigenvalue weighted by Gasteiger charge is 2.41. The summed E-state index contributed by atoms with van der Waals surface area (Å²) in [6.07, 6.45) is 5.00. The summed E-state index contributed by atoms with van der Waals surface area (Å²) in [5, 5.41) is 9.47. The van der Waals surface area contributed by atoms with Crippen molar-refractivity contribution in [3.63, 3.8) is 0 Å². The van der Waals surface area contributed by atoms with Crippen molar-refractivity contribution in [1.82, 2.24) is 24.5 Å². The Hall–Kier alpha value is -4.73. The number of pyridine rings is 1. The molecule has 214 valence electrons. The monoisotopic (exact) mass is 569 g/mol. The van der Waals surface area contributed by atoms with Gasteiger partial charge in [0.15, 0.2) is 11.3 Å². The van der Waals surface area contributed by atoms with Crippen LogP contribution in [0.1, 0.15) is 59.2 Å². The molecule has 0 saturated heterocycles. The van der Waals surface area contributed by atoms with Crippen molar-refractivity contribution < 1.29 is 23.4 Å². The number of ether oxygens (including phenoxy) is 1. The molecule has 0 amide bonds. The molecule has 5 aromatic rings. The highest BCUT2D eigenvalue weighted by atomic mass is 19.1. The summed E-state index contributed by atoms with van der Waals surface area (Å²) in [6, 6.07) is 14.5. The predicted octanol–water partition coefficient (Wildman–Crippen LogP) is 6.53. The number of halogens is 2. The summed E-state index contributed by atoms with van der Waals surface area (Å²) < 4.78 is 37.2. The molecule has 10 heteroatoms. The van der Waals surface area contributed by atoms with E-state index < -0.39 is 11.8 Å². The fraction of sp³-hybridized carbons (Fsp3) is 0.281. The molecule has 3 heterocycles. The van der Waals surface area contributed by atoms with Crippen LogP contribution in [0.5, 0.6) is 6.01 Å². The van der Waals surface area contributed by atoms with E-state index in [-0.39, 0.29) is 35.1 Å². The summed E-state index contributed by atoms with van der Waals surface area (Å²) in [5.41, 5.74) is 3.74. The Morgan fingerprint density at radius 3 is 2.57 bits per heavy atom. The van der Waals surface area contributed by atoms with Crippen LogP contribution < -0.4 is 4.74 Å². The number of aromatic nitrogens is 5. The zero-order valence-electron chi connectivity index (χ0n) is 23.3. The van der Waals surface area contributed by atoms with Crippen LogP contribution in [-0.4, -0.2) is 35.6 Å². The van der Waals surface area contributed by atoms with Gasteiger partial charge in [0.25, 0.3) is 0 Å². The van der Waals surface area contributed by atoms with Gasteiger partial charge >= 0.3 is 12.0 Å². The number of aromatic carboxylic acids is 1. The van der Waals surface area contributed by atoms with Gasteiger partial charge < -0.3 is 14.4 Å². The molecule has 6 rings (SSSR count). The van der Waals surface area contributed by atoms with Crippen molar-refractivity contribution >= 4 is 17.1 Å². The van der Waals surface area contributed by atoms with Crippen molar-refractivity contribution in [1.29, 1.82) is 0 Å². The SMILES string of the molecule is CCC1(Cn2c(Cc3ccc(-c4ccnc(OCc5ccc(C)cc5F)n4)c(F)c3)nc3ccc(C(=O)O)nc32)CC1. The van der Waals surface area contributed by atoms with Crippen LogP contribution in [0.2, 0.25) is 0 Å². The lowest BCUT2D eigenvalue weighted by Gasteiger charge is -2.16. The lowest BCUT2D eigenvalue weighted by molar-refractivity contribution is 0.0691. The average Bonchev–Trinajstić information content (AvgIpc) is 3.68. The molecule has 0 aliphatic heterocycles. The van der Waals surface area contributed by atoms with E-state index in [1.807, 2.05) is 10.6 Å². The van der Waals surface area contributed by atoms with Crippen LogP contribution in [0.15, 0.2) is 60.8 Å². The second-order valence-corrected chi connectivity index (χ2v) is 10.9. The van der Waals surface area contributed by atoms with Gasteiger partial charge in [-0.3, -0.25) is 0 Å². The Labute approximate surface area is 241 Å². The molecular formula is C32H29F2N5O3. The molecular weight excluding hydrogens is 540 g/mol. The predicted molar refractivity (Wildman–Crippen MR) is 152 cm³/mol.